The molecule has 4 heteroatoms. The average Bonchev–Trinajstić information content (AvgIpc) is 3.83. The van der Waals surface area contributed by atoms with Gasteiger partial charge in [0, 0.05) is 55.8 Å². The monoisotopic (exact) mass is 880 g/mol. The summed E-state index contributed by atoms with van der Waals surface area (Å²) in [5, 5.41) is 8.68. The zero-order chi connectivity index (χ0) is 46.5. The van der Waals surface area contributed by atoms with E-state index in [0.29, 0.717) is 0 Å². The van der Waals surface area contributed by atoms with Crippen molar-refractivity contribution in [1.82, 2.24) is 0 Å². The van der Waals surface area contributed by atoms with Crippen LogP contribution in [0.5, 0.6) is 0 Å². The molecule has 0 atom stereocenters. The van der Waals surface area contributed by atoms with Crippen LogP contribution in [0.15, 0.2) is 179 Å². The van der Waals surface area contributed by atoms with Gasteiger partial charge >= 0.3 is 0 Å². The highest BCUT2D eigenvalue weighted by molar-refractivity contribution is 6.27. The Balaban J connectivity index is 1.05. The Morgan fingerprint density at radius 2 is 0.691 bits per heavy atom. The number of benzene rings is 10. The van der Waals surface area contributed by atoms with Gasteiger partial charge in [-0.15, -0.1) is 0 Å². The van der Waals surface area contributed by atoms with Crippen molar-refractivity contribution in [2.75, 3.05) is 9.80 Å². The van der Waals surface area contributed by atoms with Crippen molar-refractivity contribution in [2.45, 2.75) is 55.4 Å². The SMILES string of the molecule is Cc1cc(C)cc(N(c2cc(C)cc(C)c2)c2ccc3cc4c(cc3c2)oc2c4cc(-c3ccccc3)c3oc4cc5cc(N(c6cc(C)cc(C)c6)c6cc(C)cc(C)c6)ccc5cc4c32)c1. The van der Waals surface area contributed by atoms with Crippen LogP contribution < -0.4 is 9.80 Å². The second-order valence-corrected chi connectivity index (χ2v) is 19.4. The Morgan fingerprint density at radius 1 is 0.294 bits per heavy atom. The number of hydrogen-bond acceptors (Lipinski definition) is 4. The summed E-state index contributed by atoms with van der Waals surface area (Å²) in [5.74, 6) is 0. The minimum absolute atomic E-state index is 0.824. The molecule has 0 unspecified atom stereocenters. The summed E-state index contributed by atoms with van der Waals surface area (Å²) < 4.78 is 14.1. The summed E-state index contributed by atoms with van der Waals surface area (Å²) in [5.41, 5.74) is 22.1. The summed E-state index contributed by atoms with van der Waals surface area (Å²) >= 11 is 0. The van der Waals surface area contributed by atoms with Gasteiger partial charge in [-0.25, -0.2) is 0 Å². The maximum atomic E-state index is 7.08. The lowest BCUT2D eigenvalue weighted by atomic mass is 9.97. The number of furan rings is 2. The summed E-state index contributed by atoms with van der Waals surface area (Å²) in [4.78, 5) is 4.76. The van der Waals surface area contributed by atoms with Crippen LogP contribution in [-0.4, -0.2) is 0 Å². The van der Waals surface area contributed by atoms with Gasteiger partial charge in [0.2, 0.25) is 0 Å². The number of rotatable bonds is 7. The lowest BCUT2D eigenvalue weighted by Gasteiger charge is -2.27. The molecule has 0 aliphatic rings. The van der Waals surface area contributed by atoms with Gasteiger partial charge in [0.05, 0.1) is 5.39 Å². The molecule has 0 spiro atoms. The second kappa shape index (κ2) is 15.8. The molecule has 0 N–H and O–H groups in total. The quantitative estimate of drug-likeness (QED) is 0.160. The van der Waals surface area contributed by atoms with Crippen molar-refractivity contribution >= 4 is 99.5 Å². The minimum Gasteiger partial charge on any atom is -0.455 e. The van der Waals surface area contributed by atoms with Crippen molar-refractivity contribution in [3.05, 3.63) is 214 Å². The van der Waals surface area contributed by atoms with Crippen LogP contribution in [0.3, 0.4) is 0 Å². The molecule has 0 aliphatic heterocycles. The smallest absolute Gasteiger partial charge is 0.147 e. The Morgan fingerprint density at radius 3 is 1.13 bits per heavy atom. The third-order valence-electron chi connectivity index (χ3n) is 13.5. The fourth-order valence-electron chi connectivity index (χ4n) is 11.0. The topological polar surface area (TPSA) is 32.8 Å². The molecule has 4 nitrogen and oxygen atoms in total. The Bertz CT molecular complexity index is 3840. The minimum atomic E-state index is 0.824. The highest BCUT2D eigenvalue weighted by Gasteiger charge is 2.23. The van der Waals surface area contributed by atoms with E-state index in [-0.39, 0.29) is 0 Å². The first kappa shape index (κ1) is 41.4. The molecule has 0 bridgehead atoms. The lowest BCUT2D eigenvalue weighted by Crippen LogP contribution is -2.11. The van der Waals surface area contributed by atoms with Crippen LogP contribution >= 0.6 is 0 Å². The zero-order valence-electron chi connectivity index (χ0n) is 39.9. The predicted octanol–water partition coefficient (Wildman–Crippen LogP) is 18.9. The largest absolute Gasteiger partial charge is 0.455 e. The van der Waals surface area contributed by atoms with E-state index in [2.05, 4.69) is 235 Å². The van der Waals surface area contributed by atoms with Gasteiger partial charge < -0.3 is 18.6 Å². The lowest BCUT2D eigenvalue weighted by molar-refractivity contribution is 0.664. The summed E-state index contributed by atoms with van der Waals surface area (Å²) in [6.45, 7) is 17.4. The summed E-state index contributed by atoms with van der Waals surface area (Å²) in [6.07, 6.45) is 0. The van der Waals surface area contributed by atoms with E-state index in [1.165, 1.54) is 44.5 Å². The first-order valence-electron chi connectivity index (χ1n) is 23.6. The van der Waals surface area contributed by atoms with Gasteiger partial charge in [-0.2, -0.15) is 0 Å². The van der Waals surface area contributed by atoms with E-state index in [1.54, 1.807) is 0 Å². The summed E-state index contributed by atoms with van der Waals surface area (Å²) in [7, 11) is 0. The van der Waals surface area contributed by atoms with Crippen molar-refractivity contribution in [3.63, 3.8) is 0 Å². The molecule has 0 fully saturated rings. The average molecular weight is 881 g/mol. The molecule has 0 aliphatic carbocycles. The normalized spacial score (nSPS) is 11.8. The fourth-order valence-corrected chi connectivity index (χ4v) is 11.0. The van der Waals surface area contributed by atoms with Gasteiger partial charge in [-0.1, -0.05) is 66.7 Å². The molecule has 68 heavy (non-hydrogen) atoms. The number of aryl methyl sites for hydroxylation is 8. The standard InChI is InChI=1S/C64H52N2O2/c1-37-18-38(2)23-52(22-37)65(53-24-39(3)19-40(4)25-53)50-16-14-46-32-57-58-36-56(45-12-10-9-11-13-45)63-62(64(58)67-60(57)34-48(46)30-50)59-33-47-15-17-51(31-49(47)35-61(59)68-63)66(54-26-41(5)20-42(6)27-54)55-28-43(7)21-44(8)29-55/h9-36H,1-8H3. The van der Waals surface area contributed by atoms with Crippen LogP contribution in [0, 0.1) is 55.4 Å². The van der Waals surface area contributed by atoms with E-state index >= 15 is 0 Å². The number of hydrogen-bond donors (Lipinski definition) is 0. The highest BCUT2D eigenvalue weighted by Crippen LogP contribution is 2.47. The Labute approximate surface area is 397 Å². The Kier molecular flexibility index (Phi) is 9.60. The van der Waals surface area contributed by atoms with Gasteiger partial charge in [0.1, 0.15) is 22.3 Å². The van der Waals surface area contributed by atoms with E-state index in [1.807, 2.05) is 0 Å². The molecule has 2 heterocycles. The van der Waals surface area contributed by atoms with Crippen LogP contribution in [0.25, 0.3) is 76.5 Å². The van der Waals surface area contributed by atoms with Crippen molar-refractivity contribution < 1.29 is 8.83 Å². The van der Waals surface area contributed by atoms with Crippen molar-refractivity contribution in [3.8, 4) is 11.1 Å². The first-order chi connectivity index (χ1) is 32.9. The van der Waals surface area contributed by atoms with E-state index < -0.39 is 0 Å². The molecule has 0 saturated heterocycles. The Hall–Kier alpha value is -8.08. The highest BCUT2D eigenvalue weighted by atomic mass is 16.3. The van der Waals surface area contributed by atoms with E-state index in [0.717, 1.165) is 111 Å². The van der Waals surface area contributed by atoms with Gasteiger partial charge in [0.25, 0.3) is 0 Å². The van der Waals surface area contributed by atoms with Crippen molar-refractivity contribution in [2.24, 2.45) is 0 Å². The summed E-state index contributed by atoms with van der Waals surface area (Å²) in [6, 6.07) is 62.6. The third kappa shape index (κ3) is 7.16. The van der Waals surface area contributed by atoms with E-state index in [4.69, 9.17) is 8.83 Å². The molecule has 0 saturated carbocycles. The molecular weight excluding hydrogens is 829 g/mol. The van der Waals surface area contributed by atoms with Crippen LogP contribution in [-0.2, 0) is 0 Å². The number of fused-ring (bicyclic) bond motifs is 9. The molecule has 2 aromatic heterocycles. The molecule has 10 aromatic carbocycles. The van der Waals surface area contributed by atoms with Gasteiger partial charge in [-0.3, -0.25) is 0 Å². The predicted molar refractivity (Wildman–Crippen MR) is 289 cm³/mol. The number of nitrogens with zero attached hydrogens (tertiary/aromatic N) is 2. The molecular formula is C64H52N2O2. The van der Waals surface area contributed by atoms with Crippen LogP contribution in [0.4, 0.5) is 34.1 Å². The van der Waals surface area contributed by atoms with Crippen molar-refractivity contribution in [1.29, 1.82) is 0 Å². The van der Waals surface area contributed by atoms with Crippen LogP contribution in [0.2, 0.25) is 0 Å². The molecule has 0 amide bonds. The third-order valence-corrected chi connectivity index (χ3v) is 13.5. The van der Waals surface area contributed by atoms with Crippen LogP contribution in [0.1, 0.15) is 44.5 Å². The second-order valence-electron chi connectivity index (χ2n) is 19.4. The maximum absolute atomic E-state index is 7.08. The molecule has 12 aromatic rings. The van der Waals surface area contributed by atoms with Gasteiger partial charge in [0.15, 0.2) is 0 Å². The maximum Gasteiger partial charge on any atom is 0.147 e. The van der Waals surface area contributed by atoms with E-state index in [9.17, 15) is 0 Å². The van der Waals surface area contributed by atoms with Gasteiger partial charge in [-0.05, 0) is 230 Å². The fraction of sp³-hybridized carbons (Fsp3) is 0.125. The zero-order valence-corrected chi connectivity index (χ0v) is 39.9. The molecule has 330 valence electrons. The molecule has 0 radical (unpaired) electrons. The molecule has 12 rings (SSSR count). The number of anilines is 6. The first-order valence-corrected chi connectivity index (χ1v) is 23.6.